The van der Waals surface area contributed by atoms with E-state index >= 15 is 0 Å². The predicted octanol–water partition coefficient (Wildman–Crippen LogP) is 4.90. The van der Waals surface area contributed by atoms with Crippen LogP contribution in [0.4, 0.5) is 0 Å². The molecule has 0 spiro atoms. The van der Waals surface area contributed by atoms with E-state index in [0.29, 0.717) is 54.7 Å². The minimum atomic E-state index is -0.0844. The first-order valence-corrected chi connectivity index (χ1v) is 15.3. The van der Waals surface area contributed by atoms with E-state index in [0.717, 1.165) is 35.2 Å². The Kier molecular flexibility index (Phi) is 8.55. The smallest absolute Gasteiger partial charge is 0.254 e. The van der Waals surface area contributed by atoms with Crippen LogP contribution in [0.3, 0.4) is 0 Å². The summed E-state index contributed by atoms with van der Waals surface area (Å²) in [6.45, 7) is 3.69. The number of unbranched alkanes of at least 4 members (excludes halogenated alkanes) is 1. The van der Waals surface area contributed by atoms with Crippen molar-refractivity contribution in [3.05, 3.63) is 66.4 Å². The average Bonchev–Trinajstić information content (AvgIpc) is 3.81. The molecule has 224 valence electrons. The molecule has 1 saturated heterocycles. The molecule has 0 N–H and O–H groups in total. The van der Waals surface area contributed by atoms with Crippen LogP contribution in [0, 0.1) is 0 Å². The first-order valence-electron chi connectivity index (χ1n) is 14.3. The molecule has 6 rings (SSSR count). The van der Waals surface area contributed by atoms with E-state index in [1.54, 1.807) is 43.3 Å². The van der Waals surface area contributed by atoms with Gasteiger partial charge in [0, 0.05) is 43.4 Å². The Hall–Kier alpha value is -4.45. The Balaban J connectivity index is 0.995. The maximum atomic E-state index is 13.2. The van der Waals surface area contributed by atoms with E-state index in [9.17, 15) is 9.59 Å². The fourth-order valence-corrected chi connectivity index (χ4v) is 6.22. The lowest BCUT2D eigenvalue weighted by Crippen LogP contribution is -2.55. The second kappa shape index (κ2) is 12.8. The number of aromatic nitrogens is 3. The van der Waals surface area contributed by atoms with Crippen LogP contribution in [0.2, 0.25) is 0 Å². The summed E-state index contributed by atoms with van der Waals surface area (Å²) in [5.74, 6) is 4.10. The number of furan rings is 1. The Morgan fingerprint density at radius 3 is 2.63 bits per heavy atom. The molecule has 0 bridgehead atoms. The van der Waals surface area contributed by atoms with Gasteiger partial charge in [0.25, 0.3) is 5.91 Å². The second-order valence-corrected chi connectivity index (χ2v) is 11.4. The highest BCUT2D eigenvalue weighted by Crippen LogP contribution is 2.33. The number of hydrogen-bond acceptors (Lipinski definition) is 9. The third kappa shape index (κ3) is 6.19. The Morgan fingerprint density at radius 1 is 1.02 bits per heavy atom. The van der Waals surface area contributed by atoms with Crippen LogP contribution in [-0.4, -0.2) is 81.7 Å². The number of benzene rings is 2. The quantitative estimate of drug-likeness (QED) is 0.185. The molecule has 11 nitrogen and oxygen atoms in total. The van der Waals surface area contributed by atoms with Crippen LogP contribution in [-0.2, 0) is 4.79 Å². The fourth-order valence-electron chi connectivity index (χ4n) is 5.27. The molecule has 0 saturated carbocycles. The molecule has 43 heavy (non-hydrogen) atoms. The Bertz CT molecular complexity index is 1570. The van der Waals surface area contributed by atoms with Crippen LogP contribution in [0.25, 0.3) is 17.3 Å². The number of fused-ring (bicyclic) bond motifs is 1. The third-order valence-corrected chi connectivity index (χ3v) is 8.60. The maximum absolute atomic E-state index is 13.2. The van der Waals surface area contributed by atoms with E-state index in [2.05, 4.69) is 10.2 Å². The van der Waals surface area contributed by atoms with Crippen molar-refractivity contribution < 1.29 is 28.2 Å². The van der Waals surface area contributed by atoms with Gasteiger partial charge in [0.15, 0.2) is 22.4 Å². The van der Waals surface area contributed by atoms with E-state index in [-0.39, 0.29) is 24.6 Å². The number of piperazine rings is 1. The van der Waals surface area contributed by atoms with Gasteiger partial charge in [-0.1, -0.05) is 11.8 Å². The molecule has 4 aromatic rings. The molecule has 2 aliphatic rings. The first kappa shape index (κ1) is 28.7. The molecule has 4 heterocycles. The van der Waals surface area contributed by atoms with Crippen molar-refractivity contribution in [2.24, 2.45) is 0 Å². The number of hydrogen-bond donors (Lipinski definition) is 0. The molecular formula is C31H33N5O6S. The Labute approximate surface area is 253 Å². The predicted molar refractivity (Wildman–Crippen MR) is 160 cm³/mol. The number of ether oxygens (including phenoxy) is 3. The highest BCUT2D eigenvalue weighted by Gasteiger charge is 2.31. The zero-order valence-electron chi connectivity index (χ0n) is 24.1. The molecule has 0 aliphatic carbocycles. The van der Waals surface area contributed by atoms with Gasteiger partial charge in [-0.25, -0.2) is 0 Å². The largest absolute Gasteiger partial charge is 0.497 e. The summed E-state index contributed by atoms with van der Waals surface area (Å²) in [6.07, 6.45) is 3.69. The monoisotopic (exact) mass is 603 g/mol. The summed E-state index contributed by atoms with van der Waals surface area (Å²) in [4.78, 5) is 29.9. The van der Waals surface area contributed by atoms with Gasteiger partial charge in [0.1, 0.15) is 5.75 Å². The van der Waals surface area contributed by atoms with Crippen molar-refractivity contribution in [3.8, 4) is 34.5 Å². The van der Waals surface area contributed by atoms with Gasteiger partial charge < -0.3 is 28.4 Å². The molecule has 1 unspecified atom stereocenters. The van der Waals surface area contributed by atoms with Crippen molar-refractivity contribution in [2.75, 3.05) is 39.3 Å². The summed E-state index contributed by atoms with van der Waals surface area (Å²) < 4.78 is 23.6. The van der Waals surface area contributed by atoms with Crippen molar-refractivity contribution in [3.63, 3.8) is 0 Å². The third-order valence-electron chi connectivity index (χ3n) is 7.58. The van der Waals surface area contributed by atoms with Gasteiger partial charge in [-0.15, -0.1) is 10.2 Å². The van der Waals surface area contributed by atoms with Crippen molar-refractivity contribution in [1.29, 1.82) is 0 Å². The normalized spacial score (nSPS) is 16.0. The summed E-state index contributed by atoms with van der Waals surface area (Å²) in [7, 11) is 1.64. The van der Waals surface area contributed by atoms with Gasteiger partial charge in [-0.2, -0.15) is 0 Å². The molecule has 2 aromatic heterocycles. The Morgan fingerprint density at radius 2 is 1.86 bits per heavy atom. The van der Waals surface area contributed by atoms with Gasteiger partial charge in [-0.3, -0.25) is 14.2 Å². The van der Waals surface area contributed by atoms with Gasteiger partial charge >= 0.3 is 0 Å². The molecule has 1 atom stereocenters. The summed E-state index contributed by atoms with van der Waals surface area (Å²) in [5, 5.41) is 9.57. The molecule has 1 fully saturated rings. The lowest BCUT2D eigenvalue weighted by atomic mass is 10.1. The summed E-state index contributed by atoms with van der Waals surface area (Å²) in [6, 6.07) is 16.6. The lowest BCUT2D eigenvalue weighted by Gasteiger charge is -2.40. The topological polar surface area (TPSA) is 112 Å². The van der Waals surface area contributed by atoms with Crippen LogP contribution in [0.5, 0.6) is 17.2 Å². The number of nitrogens with zero attached hydrogens (tertiary/aromatic N) is 5. The SMILES string of the molecule is COc1ccc(-n2c(SCCCCC(=O)N3CCN(C(=O)c4ccc5c(c4)OCO5)C(C)C3)nnc2-c2ccco2)cc1. The number of amides is 2. The van der Waals surface area contributed by atoms with Crippen molar-refractivity contribution >= 4 is 23.6 Å². The highest BCUT2D eigenvalue weighted by atomic mass is 32.2. The number of methoxy groups -OCH3 is 1. The summed E-state index contributed by atoms with van der Waals surface area (Å²) >= 11 is 1.60. The zero-order chi connectivity index (χ0) is 29.8. The summed E-state index contributed by atoms with van der Waals surface area (Å²) in [5.41, 5.74) is 1.47. The standard InChI is InChI=1S/C31H33N5O6S/c1-21-19-34(14-15-35(21)30(38)22-8-13-25-27(18-22)42-20-41-25)28(37)7-3-4-17-43-31-33-32-29(26-6-5-16-40-26)36(31)23-9-11-24(39-2)12-10-23/h5-6,8-13,16,18,21H,3-4,7,14-15,17,19-20H2,1-2H3. The van der Waals surface area contributed by atoms with Crippen molar-refractivity contribution in [1.82, 2.24) is 24.6 Å². The molecule has 2 aromatic carbocycles. The molecule has 0 radical (unpaired) electrons. The van der Waals surface area contributed by atoms with Crippen LogP contribution < -0.4 is 14.2 Å². The van der Waals surface area contributed by atoms with Gasteiger partial charge in [0.05, 0.1) is 19.1 Å². The number of thioether (sulfide) groups is 1. The second-order valence-electron chi connectivity index (χ2n) is 10.4. The minimum absolute atomic E-state index is 0.0624. The van der Waals surface area contributed by atoms with Gasteiger partial charge in [-0.05, 0) is 74.4 Å². The van der Waals surface area contributed by atoms with E-state index in [1.807, 2.05) is 57.7 Å². The molecule has 2 aliphatic heterocycles. The average molecular weight is 604 g/mol. The number of rotatable bonds is 10. The van der Waals surface area contributed by atoms with Crippen molar-refractivity contribution in [2.45, 2.75) is 37.4 Å². The molecule has 12 heteroatoms. The highest BCUT2D eigenvalue weighted by molar-refractivity contribution is 7.99. The van der Waals surface area contributed by atoms with E-state index in [4.69, 9.17) is 18.6 Å². The van der Waals surface area contributed by atoms with Crippen LogP contribution in [0.15, 0.2) is 70.4 Å². The van der Waals surface area contributed by atoms with Crippen LogP contribution >= 0.6 is 11.8 Å². The zero-order valence-corrected chi connectivity index (χ0v) is 24.9. The lowest BCUT2D eigenvalue weighted by molar-refractivity contribution is -0.133. The van der Waals surface area contributed by atoms with E-state index in [1.165, 1.54) is 0 Å². The number of carbonyl (C=O) groups excluding carboxylic acids is 2. The minimum Gasteiger partial charge on any atom is -0.497 e. The maximum Gasteiger partial charge on any atom is 0.254 e. The first-order chi connectivity index (χ1) is 21.0. The van der Waals surface area contributed by atoms with Crippen LogP contribution in [0.1, 0.15) is 36.5 Å². The fraction of sp³-hybridized carbons (Fsp3) is 0.355. The van der Waals surface area contributed by atoms with Gasteiger partial charge in [0.2, 0.25) is 18.5 Å². The number of carbonyl (C=O) groups is 2. The molecule has 2 amide bonds. The molecular weight excluding hydrogens is 570 g/mol. The van der Waals surface area contributed by atoms with E-state index < -0.39 is 0 Å².